The Kier molecular flexibility index (Phi) is 5.87. The number of hydrogen-bond acceptors (Lipinski definition) is 4. The van der Waals surface area contributed by atoms with Crippen molar-refractivity contribution in [2.75, 3.05) is 0 Å². The molecule has 1 N–H and O–H groups in total. The van der Waals surface area contributed by atoms with E-state index in [2.05, 4.69) is 17.1 Å². The molecule has 0 fully saturated rings. The van der Waals surface area contributed by atoms with Gasteiger partial charge < -0.3 is 10.7 Å². The maximum Gasteiger partial charge on any atom is 1.00 e. The van der Waals surface area contributed by atoms with Crippen LogP contribution >= 0.6 is 12.9 Å². The summed E-state index contributed by atoms with van der Waals surface area (Å²) in [6.07, 6.45) is 0. The molecule has 6 heteroatoms. The van der Waals surface area contributed by atoms with E-state index < -0.39 is 11.9 Å². The zero-order valence-corrected chi connectivity index (χ0v) is 10.3. The van der Waals surface area contributed by atoms with Gasteiger partial charge in [0.05, 0.1) is 11.1 Å². The molecule has 0 radical (unpaired) electrons. The molecule has 0 saturated carbocycles. The Balaban J connectivity index is 0. The first kappa shape index (κ1) is 13.5. The van der Waals surface area contributed by atoms with E-state index in [0.717, 1.165) is 0 Å². The van der Waals surface area contributed by atoms with Gasteiger partial charge in [-0.2, -0.15) is 0 Å². The van der Waals surface area contributed by atoms with Gasteiger partial charge in [-0.15, -0.1) is 0 Å². The Morgan fingerprint density at radius 1 is 1.36 bits per heavy atom. The Bertz CT molecular complexity index is 358. The molecule has 1 aromatic rings. The first-order chi connectivity index (χ1) is 6.15. The molecule has 0 aromatic heterocycles. The molecule has 4 nitrogen and oxygen atoms in total. The third-order valence-corrected chi connectivity index (χ3v) is 1.59. The predicted octanol–water partition coefficient (Wildman–Crippen LogP) is -1.50. The summed E-state index contributed by atoms with van der Waals surface area (Å²) < 4.78 is 4.13. The van der Waals surface area contributed by atoms with Crippen LogP contribution in [0.15, 0.2) is 24.3 Å². The minimum absolute atomic E-state index is 0. The fourth-order valence-electron chi connectivity index (χ4n) is 0.832. The molecule has 0 bridgehead atoms. The molecule has 0 aliphatic rings. The fraction of sp³-hybridized carbons (Fsp3) is 0. The zero-order chi connectivity index (χ0) is 9.84. The topological polar surface area (TPSA) is 63.6 Å². The van der Waals surface area contributed by atoms with Crippen LogP contribution in [0.1, 0.15) is 22.1 Å². The van der Waals surface area contributed by atoms with Crippen LogP contribution in [-0.4, -0.2) is 17.0 Å². The van der Waals surface area contributed by atoms with Crippen LogP contribution in [-0.2, 0) is 4.18 Å². The Morgan fingerprint density at radius 3 is 2.43 bits per heavy atom. The number of carbonyl (C=O) groups is 2. The number of thiol groups is 1. The van der Waals surface area contributed by atoms with E-state index in [0.29, 0.717) is 0 Å². The van der Waals surface area contributed by atoms with Gasteiger partial charge >= 0.3 is 41.5 Å². The maximum absolute atomic E-state index is 10.9. The van der Waals surface area contributed by atoms with Gasteiger partial charge in [-0.3, -0.25) is 0 Å². The van der Waals surface area contributed by atoms with Gasteiger partial charge in [-0.25, -0.2) is 9.59 Å². The van der Waals surface area contributed by atoms with Crippen molar-refractivity contribution in [1.29, 1.82) is 0 Å². The van der Waals surface area contributed by atoms with Gasteiger partial charge in [0.25, 0.3) is 0 Å². The maximum atomic E-state index is 10.9. The van der Waals surface area contributed by atoms with E-state index in [9.17, 15) is 9.59 Å². The molecule has 1 aromatic carbocycles. The molecule has 0 amide bonds. The summed E-state index contributed by atoms with van der Waals surface area (Å²) in [7, 11) is 0. The quantitative estimate of drug-likeness (QED) is 0.363. The van der Waals surface area contributed by atoms with E-state index in [1.54, 1.807) is 0 Å². The molecule has 0 saturated heterocycles. The van der Waals surface area contributed by atoms with E-state index in [1.807, 2.05) is 0 Å². The molecule has 0 atom stereocenters. The molecule has 70 valence electrons. The summed E-state index contributed by atoms with van der Waals surface area (Å²) in [5, 5.41) is 8.59. The van der Waals surface area contributed by atoms with Gasteiger partial charge in [-0.05, 0) is 18.2 Å². The van der Waals surface area contributed by atoms with Crippen LogP contribution < -0.4 is 29.6 Å². The van der Waals surface area contributed by atoms with Crippen molar-refractivity contribution in [3.8, 4) is 0 Å². The van der Waals surface area contributed by atoms with E-state index in [1.165, 1.54) is 24.3 Å². The Labute approximate surface area is 110 Å². The summed E-state index contributed by atoms with van der Waals surface area (Å²) in [4.78, 5) is 21.4. The molecule has 1 rings (SSSR count). The van der Waals surface area contributed by atoms with Crippen molar-refractivity contribution < 1.29 is 49.9 Å². The normalized spacial score (nSPS) is 8.64. The number of rotatable bonds is 2. The molecule has 14 heavy (non-hydrogen) atoms. The largest absolute Gasteiger partial charge is 1.00 e. The van der Waals surface area contributed by atoms with E-state index in [4.69, 9.17) is 5.11 Å². The van der Waals surface area contributed by atoms with Crippen molar-refractivity contribution in [1.82, 2.24) is 0 Å². The molecule has 0 aliphatic carbocycles. The zero-order valence-electron chi connectivity index (χ0n) is 8.43. The molecule has 0 heterocycles. The Morgan fingerprint density at radius 2 is 1.93 bits per heavy atom. The van der Waals surface area contributed by atoms with Gasteiger partial charge in [0.2, 0.25) is 0 Å². The van der Waals surface area contributed by atoms with Crippen molar-refractivity contribution in [3.05, 3.63) is 35.4 Å². The second-order valence-corrected chi connectivity index (χ2v) is 2.45. The number of carboxylic acids is 1. The number of carbonyl (C=O) groups excluding carboxylic acids is 1. The average Bonchev–Trinajstić information content (AvgIpc) is 2.17. The number of benzene rings is 1. The van der Waals surface area contributed by atoms with Crippen LogP contribution in [0, 0.1) is 0 Å². The fourth-order valence-corrected chi connectivity index (χ4v) is 0.937. The number of carboxylic acid groups (broad SMARTS) is 1. The van der Waals surface area contributed by atoms with Gasteiger partial charge in [0.15, 0.2) is 0 Å². The Hall–Kier alpha value is -0.490. The summed E-state index contributed by atoms with van der Waals surface area (Å²) in [5.41, 5.74) is 0.200. The SMILES string of the molecule is O=C(O)c1cccc(C(=O)OS)c1.[H-].[Na+]. The smallest absolute Gasteiger partial charge is 1.00 e. The van der Waals surface area contributed by atoms with Crippen LogP contribution in [0.4, 0.5) is 0 Å². The minimum atomic E-state index is -1.09. The monoisotopic (exact) mass is 222 g/mol. The summed E-state index contributed by atoms with van der Waals surface area (Å²) >= 11 is 3.32. The van der Waals surface area contributed by atoms with Crippen molar-refractivity contribution in [2.45, 2.75) is 0 Å². The molecule has 0 spiro atoms. The molecular formula is C8H7NaO4S. The summed E-state index contributed by atoms with van der Waals surface area (Å²) in [6.45, 7) is 0. The van der Waals surface area contributed by atoms with E-state index >= 15 is 0 Å². The summed E-state index contributed by atoms with van der Waals surface area (Å²) in [5.74, 6) is -1.76. The molecular weight excluding hydrogens is 215 g/mol. The first-order valence-electron chi connectivity index (χ1n) is 3.34. The molecule has 0 aliphatic heterocycles. The third kappa shape index (κ3) is 3.34. The van der Waals surface area contributed by atoms with Crippen molar-refractivity contribution in [3.63, 3.8) is 0 Å². The van der Waals surface area contributed by atoms with Gasteiger partial charge in [-0.1, -0.05) is 6.07 Å². The van der Waals surface area contributed by atoms with Crippen molar-refractivity contribution in [2.24, 2.45) is 0 Å². The number of aromatic carboxylic acids is 1. The number of hydrogen-bond donors (Lipinski definition) is 2. The van der Waals surface area contributed by atoms with Crippen LogP contribution in [0.2, 0.25) is 0 Å². The second-order valence-electron chi connectivity index (χ2n) is 2.26. The van der Waals surface area contributed by atoms with E-state index in [-0.39, 0.29) is 42.1 Å². The third-order valence-electron chi connectivity index (χ3n) is 1.43. The standard InChI is InChI=1S/C8H6O4S.Na.H/c9-7(10)5-2-1-3-6(4-5)8(11)12-13;;/h1-4,13H,(H,9,10);;/q;+1;-1. The summed E-state index contributed by atoms with van der Waals surface area (Å²) in [6, 6.07) is 5.52. The minimum Gasteiger partial charge on any atom is -1.00 e. The van der Waals surface area contributed by atoms with Crippen LogP contribution in [0.25, 0.3) is 0 Å². The first-order valence-corrected chi connectivity index (χ1v) is 3.71. The van der Waals surface area contributed by atoms with Crippen molar-refractivity contribution >= 4 is 24.8 Å². The predicted molar refractivity (Wildman–Crippen MR) is 48.9 cm³/mol. The van der Waals surface area contributed by atoms with Gasteiger partial charge in [0.1, 0.15) is 0 Å². The molecule has 0 unspecified atom stereocenters. The van der Waals surface area contributed by atoms with Crippen LogP contribution in [0.5, 0.6) is 0 Å². The van der Waals surface area contributed by atoms with Gasteiger partial charge in [0, 0.05) is 12.9 Å². The average molecular weight is 222 g/mol. The second kappa shape index (κ2) is 6.08. The van der Waals surface area contributed by atoms with Crippen LogP contribution in [0.3, 0.4) is 0 Å².